The van der Waals surface area contributed by atoms with Crippen LogP contribution in [0, 0.1) is 0 Å². The van der Waals surface area contributed by atoms with Crippen LogP contribution in [0.2, 0.25) is 0 Å². The van der Waals surface area contributed by atoms with Gasteiger partial charge in [-0.25, -0.2) is 0 Å². The lowest BCUT2D eigenvalue weighted by Crippen LogP contribution is -2.51. The first-order valence-electron chi connectivity index (χ1n) is 13.3. The Hall–Kier alpha value is -3.36. The molecule has 2 aliphatic rings. The van der Waals surface area contributed by atoms with E-state index in [9.17, 15) is 34.1 Å². The maximum Gasteiger partial charge on any atom is 0.310 e. The van der Waals surface area contributed by atoms with E-state index in [0.29, 0.717) is 10.9 Å². The predicted molar refractivity (Wildman–Crippen MR) is 145 cm³/mol. The van der Waals surface area contributed by atoms with Gasteiger partial charge in [0.25, 0.3) is 0 Å². The number of rotatable bonds is 7. The van der Waals surface area contributed by atoms with Crippen LogP contribution in [0.4, 0.5) is 25.1 Å². The van der Waals surface area contributed by atoms with Gasteiger partial charge in [0.2, 0.25) is 11.8 Å². The highest BCUT2D eigenvalue weighted by Crippen LogP contribution is 3.02. The number of β-amino-alcohol motifs (C(OH)–C–C–N with tert-alkyl or cyclic N) is 1. The SMILES string of the molecule is O=C(NC1CCCCC1)C(c1cnnc2ccccc12)N(C(=O)[C@H]1C[C@@H](O)CN1)c1ccc(S(F)(F)(F)(F)F)cc1. The van der Waals surface area contributed by atoms with Crippen LogP contribution in [0.15, 0.2) is 59.6 Å². The summed E-state index contributed by atoms with van der Waals surface area (Å²) in [5, 5.41) is 24.5. The first-order valence-corrected chi connectivity index (χ1v) is 15.3. The zero-order valence-corrected chi connectivity index (χ0v) is 22.7. The molecular weight excluding hydrogens is 569 g/mol. The first kappa shape index (κ1) is 29.1. The number of aromatic nitrogens is 2. The summed E-state index contributed by atoms with van der Waals surface area (Å²) in [4.78, 5) is 27.0. The van der Waals surface area contributed by atoms with Gasteiger partial charge in [-0.3, -0.25) is 14.5 Å². The topological polar surface area (TPSA) is 107 Å². The quantitative estimate of drug-likeness (QED) is 0.308. The van der Waals surface area contributed by atoms with Crippen LogP contribution >= 0.6 is 10.2 Å². The number of carbonyl (C=O) groups excluding carboxylic acids is 2. The summed E-state index contributed by atoms with van der Waals surface area (Å²) in [6.45, 7) is 0.0894. The monoisotopic (exact) mass is 599 g/mol. The van der Waals surface area contributed by atoms with Gasteiger partial charge in [-0.05, 0) is 49.6 Å². The number of benzene rings is 2. The van der Waals surface area contributed by atoms with Crippen LogP contribution in [0.5, 0.6) is 0 Å². The Balaban J connectivity index is 1.66. The fourth-order valence-corrected chi connectivity index (χ4v) is 6.16. The largest absolute Gasteiger partial charge is 0.392 e. The third-order valence-electron chi connectivity index (χ3n) is 7.53. The summed E-state index contributed by atoms with van der Waals surface area (Å²) < 4.78 is 67.6. The highest BCUT2D eigenvalue weighted by Gasteiger charge is 2.65. The minimum atomic E-state index is -10.00. The van der Waals surface area contributed by atoms with E-state index in [0.717, 1.165) is 49.1 Å². The molecule has 2 fully saturated rings. The molecule has 1 saturated carbocycles. The average molecular weight is 600 g/mol. The van der Waals surface area contributed by atoms with E-state index < -0.39 is 45.1 Å². The smallest absolute Gasteiger partial charge is 0.310 e. The normalized spacial score (nSPS) is 22.5. The minimum absolute atomic E-state index is 0.00874. The van der Waals surface area contributed by atoms with Gasteiger partial charge in [-0.15, -0.1) is 0 Å². The van der Waals surface area contributed by atoms with Gasteiger partial charge >= 0.3 is 10.2 Å². The third-order valence-corrected chi connectivity index (χ3v) is 8.70. The zero-order valence-electron chi connectivity index (χ0n) is 21.9. The van der Waals surface area contributed by atoms with Crippen LogP contribution in [-0.4, -0.2) is 51.9 Å². The third kappa shape index (κ3) is 6.44. The van der Waals surface area contributed by atoms with E-state index in [2.05, 4.69) is 20.8 Å². The number of amides is 2. The second-order valence-corrected chi connectivity index (χ2v) is 13.0. The number of hydrogen-bond donors (Lipinski definition) is 3. The van der Waals surface area contributed by atoms with E-state index in [-0.39, 0.29) is 42.4 Å². The Kier molecular flexibility index (Phi) is 7.23. The number of aliphatic hydroxyl groups excluding tert-OH is 1. The Labute approximate surface area is 233 Å². The molecule has 41 heavy (non-hydrogen) atoms. The van der Waals surface area contributed by atoms with Crippen LogP contribution in [0.25, 0.3) is 10.9 Å². The zero-order chi connectivity index (χ0) is 29.5. The van der Waals surface area contributed by atoms with Gasteiger partial charge in [0.15, 0.2) is 0 Å². The molecule has 0 radical (unpaired) electrons. The number of aliphatic hydroxyl groups is 1. The number of fused-ring (bicyclic) bond motifs is 1. The summed E-state index contributed by atoms with van der Waals surface area (Å²) in [6.07, 6.45) is 4.70. The Morgan fingerprint density at radius 3 is 2.32 bits per heavy atom. The maximum absolute atomic E-state index is 14.1. The van der Waals surface area contributed by atoms with Crippen molar-refractivity contribution in [2.75, 3.05) is 11.4 Å². The second kappa shape index (κ2) is 10.2. The standard InChI is InChI=1S/C27H30F5N5O3S/c28-41(29,30,31,32)20-12-10-18(11-13-20)37(27(40)24-14-19(38)15-33-24)25(26(39)35-17-6-2-1-3-7-17)22-16-34-36-23-9-5-4-8-21(22)23/h4-5,8-13,16-17,19,24-25,33,38H,1-3,6-7,14-15H2,(H,35,39)/t19-,24-,25?/m1/s1. The molecule has 0 bridgehead atoms. The number of halogens is 5. The van der Waals surface area contributed by atoms with Crippen molar-refractivity contribution in [1.82, 2.24) is 20.8 Å². The molecule has 1 unspecified atom stereocenters. The van der Waals surface area contributed by atoms with E-state index in [1.165, 1.54) is 6.20 Å². The summed E-state index contributed by atoms with van der Waals surface area (Å²) in [6, 6.07) is 6.10. The van der Waals surface area contributed by atoms with E-state index in [4.69, 9.17) is 0 Å². The molecule has 2 aromatic carbocycles. The van der Waals surface area contributed by atoms with Gasteiger partial charge in [0.1, 0.15) is 10.9 Å². The molecule has 3 aromatic rings. The summed E-state index contributed by atoms with van der Waals surface area (Å²) >= 11 is 0. The lowest BCUT2D eigenvalue weighted by molar-refractivity contribution is -0.128. The number of hydrogen-bond acceptors (Lipinski definition) is 6. The van der Waals surface area contributed by atoms with Gasteiger partial charge in [0.05, 0.1) is 23.9 Å². The van der Waals surface area contributed by atoms with Gasteiger partial charge in [-0.1, -0.05) is 56.9 Å². The number of nitrogens with one attached hydrogen (secondary N) is 2. The van der Waals surface area contributed by atoms with Crippen molar-refractivity contribution in [2.45, 2.75) is 67.6 Å². The van der Waals surface area contributed by atoms with Gasteiger partial charge in [-0.2, -0.15) is 10.2 Å². The molecule has 1 saturated heterocycles. The van der Waals surface area contributed by atoms with Crippen molar-refractivity contribution in [1.29, 1.82) is 0 Å². The molecule has 1 aliphatic carbocycles. The Bertz CT molecular complexity index is 1450. The van der Waals surface area contributed by atoms with Crippen LogP contribution in [0.1, 0.15) is 50.1 Å². The van der Waals surface area contributed by atoms with Crippen molar-refractivity contribution in [3.05, 3.63) is 60.3 Å². The molecule has 1 aromatic heterocycles. The summed E-state index contributed by atoms with van der Waals surface area (Å²) in [5.41, 5.74) is 0.472. The molecule has 5 rings (SSSR count). The van der Waals surface area contributed by atoms with Gasteiger partial charge in [0, 0.05) is 29.2 Å². The highest BCUT2D eigenvalue weighted by atomic mass is 32.5. The molecule has 3 N–H and O–H groups in total. The fraction of sp³-hybridized carbons (Fsp3) is 0.407. The lowest BCUT2D eigenvalue weighted by atomic mass is 9.94. The second-order valence-electron chi connectivity index (χ2n) is 10.6. The molecule has 2 amide bonds. The Morgan fingerprint density at radius 1 is 1.00 bits per heavy atom. The molecule has 8 nitrogen and oxygen atoms in total. The van der Waals surface area contributed by atoms with Crippen LogP contribution < -0.4 is 15.5 Å². The van der Waals surface area contributed by atoms with E-state index >= 15 is 0 Å². The first-order chi connectivity index (χ1) is 19.2. The maximum atomic E-state index is 14.1. The summed E-state index contributed by atoms with van der Waals surface area (Å²) in [7, 11) is -10.00. The van der Waals surface area contributed by atoms with E-state index in [1.54, 1.807) is 24.3 Å². The number of anilines is 1. The predicted octanol–water partition coefficient (Wildman–Crippen LogP) is 5.53. The van der Waals surface area contributed by atoms with Crippen molar-refractivity contribution in [3.63, 3.8) is 0 Å². The van der Waals surface area contributed by atoms with Crippen molar-refractivity contribution >= 4 is 38.6 Å². The van der Waals surface area contributed by atoms with Crippen molar-refractivity contribution in [2.24, 2.45) is 0 Å². The fourth-order valence-electron chi connectivity index (χ4n) is 5.51. The molecule has 3 atom stereocenters. The minimum Gasteiger partial charge on any atom is -0.392 e. The van der Waals surface area contributed by atoms with Crippen LogP contribution in [0.3, 0.4) is 0 Å². The molecule has 0 spiro atoms. The average Bonchev–Trinajstić information content (AvgIpc) is 3.37. The highest BCUT2D eigenvalue weighted by molar-refractivity contribution is 8.45. The molecule has 2 heterocycles. The molecular formula is C27H30F5N5O3S. The van der Waals surface area contributed by atoms with Crippen molar-refractivity contribution < 1.29 is 34.1 Å². The number of carbonyl (C=O) groups is 2. The lowest BCUT2D eigenvalue weighted by Gasteiger charge is -2.41. The molecule has 1 aliphatic heterocycles. The summed E-state index contributed by atoms with van der Waals surface area (Å²) in [5.74, 6) is -1.31. The number of nitrogens with zero attached hydrogens (tertiary/aromatic N) is 3. The van der Waals surface area contributed by atoms with E-state index in [1.807, 2.05) is 0 Å². The van der Waals surface area contributed by atoms with Gasteiger partial charge < -0.3 is 15.7 Å². The van der Waals surface area contributed by atoms with Crippen molar-refractivity contribution in [3.8, 4) is 0 Å². The van der Waals surface area contributed by atoms with Crippen LogP contribution in [-0.2, 0) is 9.59 Å². The molecule has 222 valence electrons. The Morgan fingerprint density at radius 2 is 1.68 bits per heavy atom. The molecule has 14 heteroatoms.